The van der Waals surface area contributed by atoms with E-state index in [1.165, 1.54) is 5.57 Å². The highest BCUT2D eigenvalue weighted by Gasteiger charge is 2.45. The Balaban J connectivity index is 2.22. The lowest BCUT2D eigenvalue weighted by Crippen LogP contribution is -2.47. The largest absolute Gasteiger partial charge is 0.451 e. The Labute approximate surface area is 127 Å². The van der Waals surface area contributed by atoms with Gasteiger partial charge in [-0.2, -0.15) is 0 Å². The van der Waals surface area contributed by atoms with Gasteiger partial charge in [-0.3, -0.25) is 9.59 Å². The molecule has 2 rings (SSSR count). The first-order valence-electron chi connectivity index (χ1n) is 7.84. The average Bonchev–Trinajstić information content (AvgIpc) is 2.40. The van der Waals surface area contributed by atoms with Gasteiger partial charge in [0, 0.05) is 6.42 Å². The van der Waals surface area contributed by atoms with Crippen LogP contribution >= 0.6 is 0 Å². The quantitative estimate of drug-likeness (QED) is 0.738. The Morgan fingerprint density at radius 1 is 1.43 bits per heavy atom. The zero-order valence-electron chi connectivity index (χ0n) is 13.8. The summed E-state index contributed by atoms with van der Waals surface area (Å²) in [5, 5.41) is 0. The highest BCUT2D eigenvalue weighted by molar-refractivity contribution is 6.00. The maximum atomic E-state index is 12.4. The number of ketones is 1. The third kappa shape index (κ3) is 3.12. The van der Waals surface area contributed by atoms with Gasteiger partial charge in [0.1, 0.15) is 0 Å². The number of fused-ring (bicyclic) bond motifs is 1. The molecule has 0 bridgehead atoms. The van der Waals surface area contributed by atoms with Gasteiger partial charge in [-0.1, -0.05) is 18.6 Å². The van der Waals surface area contributed by atoms with Gasteiger partial charge in [-0.15, -0.1) is 0 Å². The molecule has 0 spiro atoms. The summed E-state index contributed by atoms with van der Waals surface area (Å²) in [5.41, 5.74) is 0.873. The fourth-order valence-corrected chi connectivity index (χ4v) is 2.88. The fraction of sp³-hybridized carbons (Fsp3) is 0.667. The lowest BCUT2D eigenvalue weighted by atomic mass is 9.73. The Morgan fingerprint density at radius 3 is 2.71 bits per heavy atom. The minimum atomic E-state index is -1.00. The first kappa shape index (κ1) is 16.0. The van der Waals surface area contributed by atoms with Crippen LogP contribution in [0, 0.1) is 11.3 Å². The van der Waals surface area contributed by atoms with Crippen LogP contribution in [0.25, 0.3) is 0 Å². The van der Waals surface area contributed by atoms with Gasteiger partial charge in [0.05, 0.1) is 5.41 Å². The summed E-state index contributed by atoms with van der Waals surface area (Å²) in [6, 6.07) is 0. The maximum Gasteiger partial charge on any atom is 0.312 e. The lowest BCUT2D eigenvalue weighted by Gasteiger charge is -2.38. The van der Waals surface area contributed by atoms with Crippen LogP contribution in [0.2, 0.25) is 0 Å². The Kier molecular flexibility index (Phi) is 4.14. The summed E-state index contributed by atoms with van der Waals surface area (Å²) in [6.45, 7) is 9.54. The van der Waals surface area contributed by atoms with Crippen molar-refractivity contribution in [3.63, 3.8) is 0 Å². The number of hydrogen-bond donors (Lipinski definition) is 0. The molecule has 0 heterocycles. The van der Waals surface area contributed by atoms with E-state index in [1.54, 1.807) is 13.0 Å². The summed E-state index contributed by atoms with van der Waals surface area (Å²) in [7, 11) is 0. The van der Waals surface area contributed by atoms with Crippen molar-refractivity contribution >= 4 is 11.8 Å². The molecule has 0 fully saturated rings. The molecular weight excluding hydrogens is 264 g/mol. The maximum absolute atomic E-state index is 12.4. The third-order valence-electron chi connectivity index (χ3n) is 4.98. The van der Waals surface area contributed by atoms with Crippen LogP contribution in [0.1, 0.15) is 60.3 Å². The second kappa shape index (κ2) is 5.43. The molecule has 0 aromatic rings. The summed E-state index contributed by atoms with van der Waals surface area (Å²) in [5.74, 6) is -0.0332. The third-order valence-corrected chi connectivity index (χ3v) is 4.98. The van der Waals surface area contributed by atoms with E-state index in [0.717, 1.165) is 18.4 Å². The summed E-state index contributed by atoms with van der Waals surface area (Å²) >= 11 is 0. The Bertz CT molecular complexity index is 525. The zero-order chi connectivity index (χ0) is 15.8. The van der Waals surface area contributed by atoms with Crippen LogP contribution in [0.4, 0.5) is 0 Å². The fourth-order valence-electron chi connectivity index (χ4n) is 2.88. The standard InChI is InChI=1S/C18H26O3/c1-6-17(3,4)16(20)21-18(5)11-13-8-7-12(2)9-14(13)10-15(18)19/h9-10,13H,6-8,11H2,1-5H3/t13-,18-/m0/s1. The first-order chi connectivity index (χ1) is 9.68. The molecule has 0 amide bonds. The molecule has 0 saturated carbocycles. The lowest BCUT2D eigenvalue weighted by molar-refractivity contribution is -0.175. The van der Waals surface area contributed by atoms with Crippen molar-refractivity contribution in [2.75, 3.05) is 0 Å². The molecule has 0 unspecified atom stereocenters. The monoisotopic (exact) mass is 290 g/mol. The summed E-state index contributed by atoms with van der Waals surface area (Å²) in [6.07, 6.45) is 7.19. The second-order valence-corrected chi connectivity index (χ2v) is 7.30. The minimum Gasteiger partial charge on any atom is -0.451 e. The van der Waals surface area contributed by atoms with Crippen LogP contribution in [0.15, 0.2) is 23.3 Å². The normalized spacial score (nSPS) is 29.4. The van der Waals surface area contributed by atoms with Crippen molar-refractivity contribution in [1.29, 1.82) is 0 Å². The van der Waals surface area contributed by atoms with Crippen molar-refractivity contribution in [1.82, 2.24) is 0 Å². The molecule has 3 heteroatoms. The van der Waals surface area contributed by atoms with Crippen LogP contribution in [-0.4, -0.2) is 17.4 Å². The Hall–Kier alpha value is -1.38. The van der Waals surface area contributed by atoms with Gasteiger partial charge in [0.15, 0.2) is 11.4 Å². The predicted molar refractivity (Wildman–Crippen MR) is 82.8 cm³/mol. The molecule has 3 nitrogen and oxygen atoms in total. The van der Waals surface area contributed by atoms with Crippen molar-refractivity contribution < 1.29 is 14.3 Å². The highest BCUT2D eigenvalue weighted by Crippen LogP contribution is 2.40. The average molecular weight is 290 g/mol. The molecule has 2 atom stereocenters. The van der Waals surface area contributed by atoms with Crippen LogP contribution < -0.4 is 0 Å². The smallest absolute Gasteiger partial charge is 0.312 e. The van der Waals surface area contributed by atoms with Crippen LogP contribution in [0.5, 0.6) is 0 Å². The molecule has 0 aromatic carbocycles. The van der Waals surface area contributed by atoms with E-state index in [9.17, 15) is 9.59 Å². The van der Waals surface area contributed by atoms with E-state index in [-0.39, 0.29) is 11.8 Å². The van der Waals surface area contributed by atoms with Crippen LogP contribution in [-0.2, 0) is 14.3 Å². The molecule has 21 heavy (non-hydrogen) atoms. The van der Waals surface area contributed by atoms with Gasteiger partial charge in [-0.05, 0) is 64.5 Å². The number of carbonyl (C=O) groups is 2. The summed E-state index contributed by atoms with van der Waals surface area (Å²) in [4.78, 5) is 24.8. The van der Waals surface area contributed by atoms with Crippen LogP contribution in [0.3, 0.4) is 0 Å². The van der Waals surface area contributed by atoms with Crippen molar-refractivity contribution in [2.45, 2.75) is 65.9 Å². The molecule has 0 N–H and O–H groups in total. The van der Waals surface area contributed by atoms with E-state index in [1.807, 2.05) is 20.8 Å². The highest BCUT2D eigenvalue weighted by atomic mass is 16.6. The number of ether oxygens (including phenoxy) is 1. The topological polar surface area (TPSA) is 43.4 Å². The van der Waals surface area contributed by atoms with Gasteiger partial charge in [0.25, 0.3) is 0 Å². The van der Waals surface area contributed by atoms with Gasteiger partial charge in [0.2, 0.25) is 0 Å². The molecule has 2 aliphatic rings. The Morgan fingerprint density at radius 2 is 2.10 bits per heavy atom. The molecule has 2 aliphatic carbocycles. The minimum absolute atomic E-state index is 0.0834. The van der Waals surface area contributed by atoms with Gasteiger partial charge in [-0.25, -0.2) is 0 Å². The van der Waals surface area contributed by atoms with E-state index in [4.69, 9.17) is 4.74 Å². The van der Waals surface area contributed by atoms with E-state index in [2.05, 4.69) is 13.0 Å². The number of carbonyl (C=O) groups excluding carboxylic acids is 2. The number of allylic oxidation sites excluding steroid dienone is 3. The van der Waals surface area contributed by atoms with Gasteiger partial charge >= 0.3 is 5.97 Å². The van der Waals surface area contributed by atoms with Gasteiger partial charge < -0.3 is 4.74 Å². The second-order valence-electron chi connectivity index (χ2n) is 7.30. The number of rotatable bonds is 3. The van der Waals surface area contributed by atoms with Crippen molar-refractivity contribution in [3.05, 3.63) is 23.3 Å². The SMILES string of the molecule is CCC(C)(C)C(=O)O[C@@]1(C)C[C@@H]2CCC(C)=CC2=CC1=O. The molecule has 0 radical (unpaired) electrons. The molecule has 116 valence electrons. The van der Waals surface area contributed by atoms with Crippen molar-refractivity contribution in [2.24, 2.45) is 11.3 Å². The van der Waals surface area contributed by atoms with E-state index in [0.29, 0.717) is 18.8 Å². The van der Waals surface area contributed by atoms with E-state index < -0.39 is 11.0 Å². The molecule has 0 saturated heterocycles. The predicted octanol–water partition coefficient (Wildman–Crippen LogP) is 3.98. The van der Waals surface area contributed by atoms with E-state index >= 15 is 0 Å². The van der Waals surface area contributed by atoms with Crippen molar-refractivity contribution in [3.8, 4) is 0 Å². The molecular formula is C18H26O3. The molecule has 0 aliphatic heterocycles. The summed E-state index contributed by atoms with van der Waals surface area (Å²) < 4.78 is 5.67. The molecule has 0 aromatic heterocycles. The number of esters is 1. The zero-order valence-corrected chi connectivity index (χ0v) is 13.8. The first-order valence-corrected chi connectivity index (χ1v) is 7.84. The number of hydrogen-bond acceptors (Lipinski definition) is 3.